The van der Waals surface area contributed by atoms with Crippen molar-refractivity contribution in [1.82, 2.24) is 24.9 Å². The Morgan fingerprint density at radius 2 is 2.00 bits per heavy atom. The summed E-state index contributed by atoms with van der Waals surface area (Å²) in [4.78, 5) is 21.4. The Hall–Kier alpha value is -2.41. The van der Waals surface area contributed by atoms with Crippen molar-refractivity contribution in [2.75, 3.05) is 6.54 Å². The molecule has 0 bridgehead atoms. The largest absolute Gasteiger partial charge is 0.352 e. The van der Waals surface area contributed by atoms with Crippen LogP contribution in [0.3, 0.4) is 0 Å². The maximum atomic E-state index is 12.5. The van der Waals surface area contributed by atoms with E-state index >= 15 is 0 Å². The summed E-state index contributed by atoms with van der Waals surface area (Å²) in [5.74, 6) is 1.23. The van der Waals surface area contributed by atoms with Crippen molar-refractivity contribution < 1.29 is 4.79 Å². The lowest BCUT2D eigenvalue weighted by molar-refractivity contribution is 0.0952. The molecule has 0 aliphatic rings. The summed E-state index contributed by atoms with van der Waals surface area (Å²) >= 11 is 1.51. The number of hydrogen-bond acceptors (Lipinski definition) is 5. The van der Waals surface area contributed by atoms with Gasteiger partial charge in [0.2, 0.25) is 5.16 Å². The Morgan fingerprint density at radius 3 is 2.81 bits per heavy atom. The summed E-state index contributed by atoms with van der Waals surface area (Å²) in [6, 6.07) is 9.69. The summed E-state index contributed by atoms with van der Waals surface area (Å²) in [6.45, 7) is 6.80. The van der Waals surface area contributed by atoms with E-state index in [0.717, 1.165) is 41.8 Å². The Kier molecular flexibility index (Phi) is 6.45. The maximum absolute atomic E-state index is 12.5. The molecule has 3 aromatic rings. The lowest BCUT2D eigenvalue weighted by atomic mass is 10.1. The Balaban J connectivity index is 1.69. The minimum atomic E-state index is -0.0154. The SMILES string of the molecule is CCCCCNC(=O)c1ccccc1CSc1nc2nc(C)cc(C)n2n1. The van der Waals surface area contributed by atoms with Crippen LogP contribution in [0.2, 0.25) is 0 Å². The maximum Gasteiger partial charge on any atom is 0.253 e. The average molecular weight is 384 g/mol. The number of nitrogens with one attached hydrogen (secondary N) is 1. The van der Waals surface area contributed by atoms with Gasteiger partial charge in [0.1, 0.15) is 0 Å². The molecule has 2 aromatic heterocycles. The second kappa shape index (κ2) is 8.99. The fourth-order valence-corrected chi connectivity index (χ4v) is 3.71. The molecule has 0 saturated heterocycles. The molecule has 0 atom stereocenters. The number of benzene rings is 1. The fourth-order valence-electron chi connectivity index (χ4n) is 2.89. The van der Waals surface area contributed by atoms with Crippen LogP contribution in [0, 0.1) is 13.8 Å². The number of amides is 1. The molecule has 3 rings (SSSR count). The van der Waals surface area contributed by atoms with Crippen molar-refractivity contribution in [2.45, 2.75) is 50.9 Å². The Morgan fingerprint density at radius 1 is 1.19 bits per heavy atom. The highest BCUT2D eigenvalue weighted by Gasteiger charge is 2.13. The summed E-state index contributed by atoms with van der Waals surface area (Å²) in [5, 5.41) is 8.19. The van der Waals surface area contributed by atoms with E-state index in [1.54, 1.807) is 4.52 Å². The quantitative estimate of drug-likeness (QED) is 0.471. The van der Waals surface area contributed by atoms with Crippen molar-refractivity contribution in [1.29, 1.82) is 0 Å². The van der Waals surface area contributed by atoms with Crippen LogP contribution < -0.4 is 5.32 Å². The van der Waals surface area contributed by atoms with E-state index in [2.05, 4.69) is 27.3 Å². The number of carbonyl (C=O) groups is 1. The third kappa shape index (κ3) is 4.86. The van der Waals surface area contributed by atoms with E-state index in [1.807, 2.05) is 44.2 Å². The lowest BCUT2D eigenvalue weighted by Gasteiger charge is -2.09. The highest BCUT2D eigenvalue weighted by Crippen LogP contribution is 2.22. The number of unbranched alkanes of at least 4 members (excludes halogenated alkanes) is 2. The van der Waals surface area contributed by atoms with Gasteiger partial charge in [-0.15, -0.1) is 5.10 Å². The number of carbonyl (C=O) groups excluding carboxylic acids is 1. The number of nitrogens with zero attached hydrogens (tertiary/aromatic N) is 4. The highest BCUT2D eigenvalue weighted by atomic mass is 32.2. The summed E-state index contributed by atoms with van der Waals surface area (Å²) in [7, 11) is 0. The average Bonchev–Trinajstić information content (AvgIpc) is 3.07. The molecule has 0 unspecified atom stereocenters. The molecule has 0 radical (unpaired) electrons. The molecule has 2 heterocycles. The molecule has 1 aromatic carbocycles. The summed E-state index contributed by atoms with van der Waals surface area (Å²) in [6.07, 6.45) is 3.28. The van der Waals surface area contributed by atoms with Crippen LogP contribution in [0.4, 0.5) is 0 Å². The van der Waals surface area contributed by atoms with E-state index in [4.69, 9.17) is 0 Å². The summed E-state index contributed by atoms with van der Waals surface area (Å²) < 4.78 is 1.75. The van der Waals surface area contributed by atoms with Gasteiger partial charge in [-0.1, -0.05) is 49.7 Å². The van der Waals surface area contributed by atoms with Gasteiger partial charge in [-0.2, -0.15) is 4.98 Å². The van der Waals surface area contributed by atoms with Gasteiger partial charge in [0.05, 0.1) is 0 Å². The second-order valence-electron chi connectivity index (χ2n) is 6.55. The predicted octanol–water partition coefficient (Wildman–Crippen LogP) is 3.95. The fraction of sp³-hybridized carbons (Fsp3) is 0.400. The number of thioether (sulfide) groups is 1. The smallest absolute Gasteiger partial charge is 0.253 e. The van der Waals surface area contributed by atoms with E-state index in [1.165, 1.54) is 11.8 Å². The van der Waals surface area contributed by atoms with E-state index in [-0.39, 0.29) is 5.91 Å². The molecule has 27 heavy (non-hydrogen) atoms. The topological polar surface area (TPSA) is 72.2 Å². The molecule has 6 nitrogen and oxygen atoms in total. The minimum absolute atomic E-state index is 0.0154. The van der Waals surface area contributed by atoms with Gasteiger partial charge in [-0.05, 0) is 38.0 Å². The van der Waals surface area contributed by atoms with Gasteiger partial charge >= 0.3 is 0 Å². The van der Waals surface area contributed by atoms with Crippen LogP contribution in [0.1, 0.15) is 53.5 Å². The normalized spacial score (nSPS) is 11.1. The molecular weight excluding hydrogens is 358 g/mol. The molecular formula is C20H25N5OS. The minimum Gasteiger partial charge on any atom is -0.352 e. The van der Waals surface area contributed by atoms with Crippen LogP contribution in [0.5, 0.6) is 0 Å². The third-order valence-electron chi connectivity index (χ3n) is 4.28. The van der Waals surface area contributed by atoms with Crippen LogP contribution in [0.15, 0.2) is 35.5 Å². The Labute approximate surface area is 163 Å². The number of aromatic nitrogens is 4. The molecule has 7 heteroatoms. The molecule has 0 aliphatic carbocycles. The van der Waals surface area contributed by atoms with Gasteiger partial charge < -0.3 is 5.32 Å². The van der Waals surface area contributed by atoms with Crippen LogP contribution in [-0.4, -0.2) is 32.0 Å². The van der Waals surface area contributed by atoms with Crippen LogP contribution in [-0.2, 0) is 5.75 Å². The van der Waals surface area contributed by atoms with Gasteiger partial charge in [-0.25, -0.2) is 9.50 Å². The second-order valence-corrected chi connectivity index (χ2v) is 7.50. The van der Waals surface area contributed by atoms with Crippen molar-refractivity contribution in [3.63, 3.8) is 0 Å². The molecule has 1 N–H and O–H groups in total. The molecule has 142 valence electrons. The summed E-state index contributed by atoms with van der Waals surface area (Å²) in [5.41, 5.74) is 3.63. The van der Waals surface area contributed by atoms with Gasteiger partial charge in [0, 0.05) is 29.2 Å². The van der Waals surface area contributed by atoms with E-state index in [0.29, 0.717) is 23.2 Å². The lowest BCUT2D eigenvalue weighted by Crippen LogP contribution is -2.25. The first-order valence-electron chi connectivity index (χ1n) is 9.28. The molecule has 0 spiro atoms. The number of rotatable bonds is 8. The molecule has 0 aliphatic heterocycles. The van der Waals surface area contributed by atoms with Crippen molar-refractivity contribution in [3.8, 4) is 0 Å². The van der Waals surface area contributed by atoms with E-state index in [9.17, 15) is 4.79 Å². The zero-order valence-electron chi connectivity index (χ0n) is 16.0. The highest BCUT2D eigenvalue weighted by molar-refractivity contribution is 7.98. The first-order chi connectivity index (χ1) is 13.1. The number of aryl methyl sites for hydroxylation is 2. The monoisotopic (exact) mass is 383 g/mol. The van der Waals surface area contributed by atoms with Crippen molar-refractivity contribution in [3.05, 3.63) is 52.8 Å². The van der Waals surface area contributed by atoms with Gasteiger partial charge in [-0.3, -0.25) is 4.79 Å². The first kappa shape index (κ1) is 19.4. The van der Waals surface area contributed by atoms with Crippen molar-refractivity contribution in [2.24, 2.45) is 0 Å². The molecule has 0 fully saturated rings. The first-order valence-corrected chi connectivity index (χ1v) is 10.3. The molecule has 0 saturated carbocycles. The zero-order chi connectivity index (χ0) is 19.2. The zero-order valence-corrected chi connectivity index (χ0v) is 16.8. The standard InChI is InChI=1S/C20H25N5OS/c1-4-5-8-11-21-18(26)17-10-7-6-9-16(17)13-27-20-23-19-22-14(2)12-15(3)25(19)24-20/h6-7,9-10,12H,4-5,8,11,13H2,1-3H3,(H,21,26). The van der Waals surface area contributed by atoms with Gasteiger partial charge in [0.25, 0.3) is 11.7 Å². The van der Waals surface area contributed by atoms with Crippen molar-refractivity contribution >= 4 is 23.4 Å². The third-order valence-corrected chi connectivity index (χ3v) is 5.17. The number of fused-ring (bicyclic) bond motifs is 1. The Bertz CT molecular complexity index is 937. The van der Waals surface area contributed by atoms with E-state index < -0.39 is 0 Å². The predicted molar refractivity (Wildman–Crippen MR) is 108 cm³/mol. The number of hydrogen-bond donors (Lipinski definition) is 1. The molecule has 1 amide bonds. The van der Waals surface area contributed by atoms with Gasteiger partial charge in [0.15, 0.2) is 0 Å². The van der Waals surface area contributed by atoms with Crippen LogP contribution in [0.25, 0.3) is 5.78 Å². The van der Waals surface area contributed by atoms with Crippen LogP contribution >= 0.6 is 11.8 Å².